The summed E-state index contributed by atoms with van der Waals surface area (Å²) in [7, 11) is 0. The zero-order valence-corrected chi connectivity index (χ0v) is 11.7. The van der Waals surface area contributed by atoms with Crippen molar-refractivity contribution in [3.8, 4) is 0 Å². The van der Waals surface area contributed by atoms with Gasteiger partial charge in [0, 0.05) is 6.08 Å². The molecule has 0 atom stereocenters. The third-order valence-electron chi connectivity index (χ3n) is 0.679. The van der Waals surface area contributed by atoms with Gasteiger partial charge in [-0.3, -0.25) is 9.68 Å². The Balaban J connectivity index is -0.0000000904. The molecule has 0 bridgehead atoms. The van der Waals surface area contributed by atoms with Gasteiger partial charge in [-0.25, -0.2) is 4.79 Å². The zero-order chi connectivity index (χ0) is 11.2. The van der Waals surface area contributed by atoms with E-state index in [2.05, 4.69) is 21.9 Å². The van der Waals surface area contributed by atoms with Crippen LogP contribution in [0.4, 0.5) is 0 Å². The van der Waals surface area contributed by atoms with Gasteiger partial charge in [0.15, 0.2) is 0 Å². The van der Waals surface area contributed by atoms with Crippen molar-refractivity contribution in [1.82, 2.24) is 5.64 Å². The van der Waals surface area contributed by atoms with Crippen LogP contribution >= 0.6 is 0 Å². The number of carbonyl (C=O) groups is 1. The van der Waals surface area contributed by atoms with Crippen LogP contribution in [0.1, 0.15) is 0 Å². The molecule has 4 N–H and O–H groups in total. The molecule has 0 amide bonds. The Hall–Kier alpha value is 0.01000. The molecule has 0 rings (SSSR count). The molecule has 0 heterocycles. The van der Waals surface area contributed by atoms with Gasteiger partial charge in [0.05, 0.1) is 26.4 Å². The topological polar surface area (TPSA) is 108 Å². The number of aliphatic carboxylic acids is 1. The van der Waals surface area contributed by atoms with Crippen LogP contribution in [0, 0.1) is 7.43 Å². The summed E-state index contributed by atoms with van der Waals surface area (Å²) >= 11 is 0. The minimum atomic E-state index is -0.981. The van der Waals surface area contributed by atoms with Gasteiger partial charge in [0.2, 0.25) is 0 Å². The second kappa shape index (κ2) is 24.3. The molecule has 7 nitrogen and oxygen atoms in total. The van der Waals surface area contributed by atoms with Gasteiger partial charge >= 0.3 is 35.5 Å². The van der Waals surface area contributed by atoms with E-state index in [-0.39, 0.29) is 63.4 Å². The smallest absolute Gasteiger partial charge is 0.478 e. The largest absolute Gasteiger partial charge is 1.00 e. The fraction of sp³-hybridized carbons (Fsp3) is 0.500. The molecular formula is C8H18NNaO6. The van der Waals surface area contributed by atoms with Crippen molar-refractivity contribution in [1.29, 1.82) is 0 Å². The molecule has 0 aromatic rings. The summed E-state index contributed by atoms with van der Waals surface area (Å²) in [6, 6.07) is 0. The molecular weight excluding hydrogens is 229 g/mol. The van der Waals surface area contributed by atoms with Crippen molar-refractivity contribution in [3.63, 3.8) is 0 Å². The number of nitrogens with one attached hydrogen (secondary N) is 1. The Morgan fingerprint density at radius 2 is 1.56 bits per heavy atom. The molecule has 0 aromatic carbocycles. The molecule has 0 saturated heterocycles. The van der Waals surface area contributed by atoms with E-state index in [1.54, 1.807) is 0 Å². The zero-order valence-electron chi connectivity index (χ0n) is 9.68. The quantitative estimate of drug-likeness (QED) is 0.120. The van der Waals surface area contributed by atoms with E-state index in [4.69, 9.17) is 15.3 Å². The summed E-state index contributed by atoms with van der Waals surface area (Å²) in [5.41, 5.74) is 2.07. The van der Waals surface area contributed by atoms with Crippen molar-refractivity contribution in [2.75, 3.05) is 26.4 Å². The van der Waals surface area contributed by atoms with Gasteiger partial charge < -0.3 is 22.7 Å². The summed E-state index contributed by atoms with van der Waals surface area (Å²) in [5, 5.41) is 23.9. The van der Waals surface area contributed by atoms with E-state index in [1.807, 2.05) is 0 Å². The molecule has 0 saturated carbocycles. The summed E-state index contributed by atoms with van der Waals surface area (Å²) in [6.07, 6.45) is 0.833. The average Bonchev–Trinajstić information content (AvgIpc) is 2.19. The third kappa shape index (κ3) is 37.0. The normalized spacial score (nSPS) is 7.62. The first-order valence-corrected chi connectivity index (χ1v) is 3.74. The first-order chi connectivity index (χ1) is 6.68. The molecule has 0 aliphatic heterocycles. The fourth-order valence-electron chi connectivity index (χ4n) is 0.216. The van der Waals surface area contributed by atoms with E-state index in [0.29, 0.717) is 0 Å². The van der Waals surface area contributed by atoms with Crippen molar-refractivity contribution in [2.24, 2.45) is 0 Å². The van der Waals surface area contributed by atoms with Gasteiger partial charge in [-0.15, -0.1) is 0 Å². The van der Waals surface area contributed by atoms with Gasteiger partial charge in [0.1, 0.15) is 0 Å². The van der Waals surface area contributed by atoms with Crippen LogP contribution in [0.2, 0.25) is 0 Å². The first kappa shape index (κ1) is 25.0. The van der Waals surface area contributed by atoms with Gasteiger partial charge in [-0.2, -0.15) is 0 Å². The van der Waals surface area contributed by atoms with Gasteiger partial charge in [0.25, 0.3) is 0 Å². The average molecular weight is 247 g/mol. The number of hydrogen-bond donors (Lipinski definition) is 4. The Morgan fingerprint density at radius 3 is 1.75 bits per heavy atom. The number of aliphatic hydroxyl groups excluding tert-OH is 2. The monoisotopic (exact) mass is 247 g/mol. The van der Waals surface area contributed by atoms with E-state index in [1.165, 1.54) is 0 Å². The van der Waals surface area contributed by atoms with Crippen LogP contribution in [0.3, 0.4) is 0 Å². The maximum absolute atomic E-state index is 9.25. The number of aliphatic hydroxyl groups is 2. The second-order valence-corrected chi connectivity index (χ2v) is 1.77. The summed E-state index contributed by atoms with van der Waals surface area (Å²) in [6.45, 7) is 3.18. The second-order valence-electron chi connectivity index (χ2n) is 1.77. The molecule has 0 unspecified atom stereocenters. The molecule has 92 valence electrons. The van der Waals surface area contributed by atoms with Crippen molar-refractivity contribution < 1.29 is 59.3 Å². The molecule has 0 aliphatic carbocycles. The van der Waals surface area contributed by atoms with Crippen LogP contribution < -0.4 is 35.2 Å². The van der Waals surface area contributed by atoms with Crippen molar-refractivity contribution in [3.05, 3.63) is 20.1 Å². The number of carboxylic acid groups (broad SMARTS) is 1. The van der Waals surface area contributed by atoms with E-state index in [9.17, 15) is 4.79 Å². The predicted molar refractivity (Wildman–Crippen MR) is 53.5 cm³/mol. The van der Waals surface area contributed by atoms with E-state index in [0.717, 1.165) is 6.08 Å². The minimum Gasteiger partial charge on any atom is -0.478 e. The van der Waals surface area contributed by atoms with Crippen LogP contribution in [0.25, 0.3) is 0 Å². The summed E-state index contributed by atoms with van der Waals surface area (Å²) in [4.78, 5) is 18.2. The predicted octanol–water partition coefficient (Wildman–Crippen LogP) is -3.86. The molecule has 8 heteroatoms. The number of carboxylic acids is 1. The molecule has 16 heavy (non-hydrogen) atoms. The number of rotatable bonds is 7. The first-order valence-electron chi connectivity index (χ1n) is 3.74. The maximum Gasteiger partial charge on any atom is 1.00 e. The Kier molecular flexibility index (Phi) is 38.0. The summed E-state index contributed by atoms with van der Waals surface area (Å²) in [5.74, 6) is -0.981. The number of hydrogen-bond acceptors (Lipinski definition) is 6. The van der Waals surface area contributed by atoms with Crippen LogP contribution in [-0.2, 0) is 14.5 Å². The third-order valence-corrected chi connectivity index (χ3v) is 0.679. The molecule has 0 radical (unpaired) electrons. The van der Waals surface area contributed by atoms with Crippen molar-refractivity contribution >= 4 is 5.97 Å². The van der Waals surface area contributed by atoms with Crippen molar-refractivity contribution in [2.45, 2.75) is 0 Å². The van der Waals surface area contributed by atoms with Crippen LogP contribution in [0.5, 0.6) is 0 Å². The Morgan fingerprint density at radius 1 is 1.25 bits per heavy atom. The molecule has 0 fully saturated rings. The molecule has 0 aliphatic rings. The van der Waals surface area contributed by atoms with Gasteiger partial charge in [-0.05, 0) is 0 Å². The summed E-state index contributed by atoms with van der Waals surface area (Å²) < 4.78 is 0. The standard InChI is InChI=1S/C4H11NO4.C3H4O2.CH3.Na/c6-1-3-8-5-9-4-2-7;1-2-3(4)5;;/h5-7H,1-4H2;2H,1H2,(H,4,5);1H3;/q;;-1;+1. The Bertz CT molecular complexity index is 140. The maximum atomic E-state index is 9.25. The van der Waals surface area contributed by atoms with Crippen LogP contribution in [0.15, 0.2) is 12.7 Å². The fourth-order valence-corrected chi connectivity index (χ4v) is 0.216. The Labute approximate surface area is 117 Å². The van der Waals surface area contributed by atoms with E-state index < -0.39 is 5.97 Å². The molecule has 0 spiro atoms. The molecule has 0 aromatic heterocycles. The SMILES string of the molecule is C=CC(=O)O.OCCONOCCO.[CH3-].[Na+]. The van der Waals surface area contributed by atoms with Gasteiger partial charge in [-0.1, -0.05) is 12.2 Å². The van der Waals surface area contributed by atoms with E-state index >= 15 is 0 Å². The minimum absolute atomic E-state index is 0. The van der Waals surface area contributed by atoms with Crippen LogP contribution in [-0.4, -0.2) is 47.7 Å².